The first kappa shape index (κ1) is 22.0. The number of hydrogen-bond donors (Lipinski definition) is 0. The Balaban J connectivity index is 1.61. The summed E-state index contributed by atoms with van der Waals surface area (Å²) in [6, 6.07) is 12.9. The molecule has 2 atom stereocenters. The van der Waals surface area contributed by atoms with Crippen molar-refractivity contribution in [2.24, 2.45) is 5.92 Å². The van der Waals surface area contributed by atoms with E-state index in [1.807, 2.05) is 0 Å². The number of amides is 1. The Labute approximate surface area is 179 Å². The van der Waals surface area contributed by atoms with Crippen LogP contribution >= 0.6 is 0 Å². The van der Waals surface area contributed by atoms with E-state index in [0.717, 1.165) is 0 Å². The van der Waals surface area contributed by atoms with Crippen molar-refractivity contribution in [3.05, 3.63) is 59.7 Å². The normalized spacial score (nSPS) is 16.5. The minimum Gasteiger partial charge on any atom is -0.497 e. The molecule has 0 saturated carbocycles. The zero-order valence-corrected chi connectivity index (χ0v) is 17.5. The lowest BCUT2D eigenvalue weighted by atomic mass is 10.1. The first-order valence-electron chi connectivity index (χ1n) is 9.71. The van der Waals surface area contributed by atoms with Gasteiger partial charge >= 0.3 is 11.9 Å². The Bertz CT molecular complexity index is 982. The Morgan fingerprint density at radius 3 is 2.16 bits per heavy atom. The van der Waals surface area contributed by atoms with Crippen LogP contribution in [0.5, 0.6) is 5.75 Å². The predicted octanol–water partition coefficient (Wildman–Crippen LogP) is 2.65. The van der Waals surface area contributed by atoms with Crippen LogP contribution in [0, 0.1) is 5.92 Å². The van der Waals surface area contributed by atoms with Crippen molar-refractivity contribution < 1.29 is 33.4 Å². The molecule has 162 valence electrons. The maximum absolute atomic E-state index is 12.6. The van der Waals surface area contributed by atoms with Crippen LogP contribution in [0.1, 0.15) is 34.1 Å². The SMILES string of the molecule is COC(=O)c1ccc(N2C[C@@H](C(=O)O[C@@H](C)C(=O)c3ccc(OC)cc3)CC2=O)cc1. The van der Waals surface area contributed by atoms with Gasteiger partial charge in [-0.2, -0.15) is 0 Å². The average molecular weight is 425 g/mol. The lowest BCUT2D eigenvalue weighted by Gasteiger charge is -2.18. The van der Waals surface area contributed by atoms with Gasteiger partial charge in [-0.05, 0) is 55.5 Å². The summed E-state index contributed by atoms with van der Waals surface area (Å²) in [5.74, 6) is -1.71. The van der Waals surface area contributed by atoms with E-state index in [-0.39, 0.29) is 24.7 Å². The number of Topliss-reactive ketones (excluding diaryl/α,β-unsaturated/α-hetero) is 1. The van der Waals surface area contributed by atoms with E-state index in [9.17, 15) is 19.2 Å². The standard InChI is InChI=1S/C23H23NO7/c1-14(21(26)15-6-10-19(29-2)11-7-15)31-23(28)17-12-20(25)24(13-17)18-8-4-16(5-9-18)22(27)30-3/h4-11,14,17H,12-13H2,1-3H3/t14-,17-/m0/s1. The monoisotopic (exact) mass is 425 g/mol. The first-order valence-corrected chi connectivity index (χ1v) is 9.71. The molecule has 8 heteroatoms. The van der Waals surface area contributed by atoms with Gasteiger partial charge in [-0.3, -0.25) is 14.4 Å². The Kier molecular flexibility index (Phi) is 6.69. The lowest BCUT2D eigenvalue weighted by molar-refractivity contribution is -0.151. The summed E-state index contributed by atoms with van der Waals surface area (Å²) in [4.78, 5) is 50.5. The molecule has 0 aromatic heterocycles. The molecule has 0 unspecified atom stereocenters. The molecule has 31 heavy (non-hydrogen) atoms. The van der Waals surface area contributed by atoms with Crippen LogP contribution in [0.25, 0.3) is 0 Å². The molecule has 1 aliphatic heterocycles. The van der Waals surface area contributed by atoms with Crippen molar-refractivity contribution in [2.45, 2.75) is 19.4 Å². The van der Waals surface area contributed by atoms with E-state index in [1.54, 1.807) is 48.5 Å². The van der Waals surface area contributed by atoms with Gasteiger partial charge in [0, 0.05) is 24.2 Å². The number of ether oxygens (including phenoxy) is 3. The first-order chi connectivity index (χ1) is 14.8. The second-order valence-corrected chi connectivity index (χ2v) is 7.12. The van der Waals surface area contributed by atoms with Crippen LogP contribution in [-0.2, 0) is 19.1 Å². The third-order valence-corrected chi connectivity index (χ3v) is 5.10. The van der Waals surface area contributed by atoms with Crippen LogP contribution in [0.3, 0.4) is 0 Å². The van der Waals surface area contributed by atoms with Gasteiger partial charge in [0.15, 0.2) is 6.10 Å². The minimum atomic E-state index is -0.982. The van der Waals surface area contributed by atoms with Crippen molar-refractivity contribution in [1.82, 2.24) is 0 Å². The summed E-state index contributed by atoms with van der Waals surface area (Å²) < 4.78 is 15.1. The average Bonchev–Trinajstić information content (AvgIpc) is 3.19. The van der Waals surface area contributed by atoms with Crippen LogP contribution in [0.2, 0.25) is 0 Å². The molecule has 0 aliphatic carbocycles. The third-order valence-electron chi connectivity index (χ3n) is 5.10. The zero-order valence-electron chi connectivity index (χ0n) is 17.5. The maximum atomic E-state index is 12.6. The molecule has 1 aliphatic rings. The molecule has 0 N–H and O–H groups in total. The third kappa shape index (κ3) is 4.91. The fourth-order valence-electron chi connectivity index (χ4n) is 3.32. The van der Waals surface area contributed by atoms with Crippen molar-refractivity contribution in [2.75, 3.05) is 25.7 Å². The van der Waals surface area contributed by atoms with Crippen molar-refractivity contribution in [1.29, 1.82) is 0 Å². The van der Waals surface area contributed by atoms with E-state index < -0.39 is 24.0 Å². The maximum Gasteiger partial charge on any atom is 0.337 e. The number of methoxy groups -OCH3 is 2. The van der Waals surface area contributed by atoms with Gasteiger partial charge in [-0.1, -0.05) is 0 Å². The highest BCUT2D eigenvalue weighted by molar-refractivity contribution is 6.02. The molecule has 2 aromatic carbocycles. The molecule has 1 amide bonds. The highest BCUT2D eigenvalue weighted by atomic mass is 16.5. The van der Waals surface area contributed by atoms with E-state index >= 15 is 0 Å². The summed E-state index contributed by atoms with van der Waals surface area (Å²) in [6.07, 6.45) is -0.995. The number of carbonyl (C=O) groups excluding carboxylic acids is 4. The van der Waals surface area contributed by atoms with Crippen LogP contribution in [0.15, 0.2) is 48.5 Å². The molecule has 0 spiro atoms. The summed E-state index contributed by atoms with van der Waals surface area (Å²) in [7, 11) is 2.82. The quantitative estimate of drug-likeness (QED) is 0.497. The largest absolute Gasteiger partial charge is 0.497 e. The molecule has 1 heterocycles. The summed E-state index contributed by atoms with van der Waals surface area (Å²) in [5.41, 5.74) is 1.32. The van der Waals surface area contributed by atoms with Gasteiger partial charge in [0.25, 0.3) is 0 Å². The number of rotatable bonds is 7. The fourth-order valence-corrected chi connectivity index (χ4v) is 3.32. The van der Waals surface area contributed by atoms with E-state index in [2.05, 4.69) is 4.74 Å². The van der Waals surface area contributed by atoms with Crippen molar-refractivity contribution in [3.63, 3.8) is 0 Å². The summed E-state index contributed by atoms with van der Waals surface area (Å²) in [5, 5.41) is 0. The molecule has 1 saturated heterocycles. The van der Waals surface area contributed by atoms with Gasteiger partial charge < -0.3 is 19.1 Å². The fraction of sp³-hybridized carbons (Fsp3) is 0.304. The van der Waals surface area contributed by atoms with Crippen molar-refractivity contribution >= 4 is 29.3 Å². The molecule has 8 nitrogen and oxygen atoms in total. The molecule has 0 bridgehead atoms. The highest BCUT2D eigenvalue weighted by Gasteiger charge is 2.37. The minimum absolute atomic E-state index is 0.0129. The molecule has 0 radical (unpaired) electrons. The number of carbonyl (C=O) groups is 4. The van der Waals surface area contributed by atoms with Crippen LogP contribution < -0.4 is 9.64 Å². The van der Waals surface area contributed by atoms with Gasteiger partial charge in [0.05, 0.1) is 25.7 Å². The van der Waals surface area contributed by atoms with Crippen LogP contribution in [0.4, 0.5) is 5.69 Å². The lowest BCUT2D eigenvalue weighted by Crippen LogP contribution is -2.30. The molecule has 1 fully saturated rings. The smallest absolute Gasteiger partial charge is 0.337 e. The number of hydrogen-bond acceptors (Lipinski definition) is 7. The van der Waals surface area contributed by atoms with Gasteiger partial charge in [0.1, 0.15) is 5.75 Å². The molecular weight excluding hydrogens is 402 g/mol. The zero-order chi connectivity index (χ0) is 22.5. The Morgan fingerprint density at radius 1 is 0.968 bits per heavy atom. The second-order valence-electron chi connectivity index (χ2n) is 7.12. The topological polar surface area (TPSA) is 99.2 Å². The van der Waals surface area contributed by atoms with Gasteiger partial charge in [-0.15, -0.1) is 0 Å². The predicted molar refractivity (Wildman–Crippen MR) is 111 cm³/mol. The number of nitrogens with zero attached hydrogens (tertiary/aromatic N) is 1. The van der Waals surface area contributed by atoms with E-state index in [1.165, 1.54) is 26.0 Å². The number of benzene rings is 2. The van der Waals surface area contributed by atoms with Gasteiger partial charge in [0.2, 0.25) is 11.7 Å². The summed E-state index contributed by atoms with van der Waals surface area (Å²) >= 11 is 0. The number of ketones is 1. The van der Waals surface area contributed by atoms with Gasteiger partial charge in [-0.25, -0.2) is 4.79 Å². The molecular formula is C23H23NO7. The Hall–Kier alpha value is -3.68. The highest BCUT2D eigenvalue weighted by Crippen LogP contribution is 2.27. The van der Waals surface area contributed by atoms with Crippen molar-refractivity contribution in [3.8, 4) is 5.75 Å². The molecule has 3 rings (SSSR count). The second kappa shape index (κ2) is 9.42. The van der Waals surface area contributed by atoms with E-state index in [0.29, 0.717) is 22.6 Å². The Morgan fingerprint density at radius 2 is 1.58 bits per heavy atom. The summed E-state index contributed by atoms with van der Waals surface area (Å²) in [6.45, 7) is 1.64. The molecule has 2 aromatic rings. The van der Waals surface area contributed by atoms with E-state index in [4.69, 9.17) is 9.47 Å². The number of anilines is 1. The van der Waals surface area contributed by atoms with Crippen LogP contribution in [-0.4, -0.2) is 50.5 Å². The number of esters is 2.